The normalized spacial score (nSPS) is 10.6. The summed E-state index contributed by atoms with van der Waals surface area (Å²) in [5.41, 5.74) is 3.30. The standard InChI is InChI=1S/C16H12Cl3N3O2/c17-12-4-1-10(2-5-12)16(24)20-9-15(23)22-21-8-11-3-6-13(18)7-14(11)19/h1-8H,9H2,(H,20,24)(H,22,23). The molecule has 0 spiro atoms. The van der Waals surface area contributed by atoms with Crippen LogP contribution in [-0.4, -0.2) is 24.6 Å². The minimum atomic E-state index is -0.473. The molecule has 0 heterocycles. The summed E-state index contributed by atoms with van der Waals surface area (Å²) in [6, 6.07) is 11.2. The van der Waals surface area contributed by atoms with Crippen LogP contribution >= 0.6 is 34.8 Å². The number of halogens is 3. The van der Waals surface area contributed by atoms with E-state index in [-0.39, 0.29) is 12.5 Å². The molecule has 0 saturated carbocycles. The van der Waals surface area contributed by atoms with Gasteiger partial charge in [-0.25, -0.2) is 5.43 Å². The summed E-state index contributed by atoms with van der Waals surface area (Å²) in [6.07, 6.45) is 1.39. The Morgan fingerprint density at radius 3 is 2.33 bits per heavy atom. The minimum absolute atomic E-state index is 0.215. The third-order valence-corrected chi connectivity index (χ3v) is 3.69. The van der Waals surface area contributed by atoms with Crippen LogP contribution in [0, 0.1) is 0 Å². The number of rotatable bonds is 5. The number of carbonyl (C=O) groups is 2. The first-order chi connectivity index (χ1) is 11.5. The van der Waals surface area contributed by atoms with Crippen molar-refractivity contribution in [1.82, 2.24) is 10.7 Å². The van der Waals surface area contributed by atoms with Crippen LogP contribution < -0.4 is 10.7 Å². The molecule has 0 atom stereocenters. The number of carbonyl (C=O) groups excluding carboxylic acids is 2. The Kier molecular flexibility index (Phi) is 6.61. The first-order valence-electron chi connectivity index (χ1n) is 6.76. The molecule has 0 fully saturated rings. The van der Waals surface area contributed by atoms with Crippen LogP contribution in [0.2, 0.25) is 15.1 Å². The molecule has 0 saturated heterocycles. The highest BCUT2D eigenvalue weighted by Crippen LogP contribution is 2.19. The number of nitrogens with zero attached hydrogens (tertiary/aromatic N) is 1. The summed E-state index contributed by atoms with van der Waals surface area (Å²) in [4.78, 5) is 23.5. The summed E-state index contributed by atoms with van der Waals surface area (Å²) < 4.78 is 0. The van der Waals surface area contributed by atoms with E-state index in [2.05, 4.69) is 15.8 Å². The Labute approximate surface area is 153 Å². The Balaban J connectivity index is 1.81. The van der Waals surface area contributed by atoms with Crippen LogP contribution in [0.4, 0.5) is 0 Å². The number of hydrogen-bond donors (Lipinski definition) is 2. The highest BCUT2D eigenvalue weighted by Gasteiger charge is 2.07. The fourth-order valence-corrected chi connectivity index (χ4v) is 2.27. The minimum Gasteiger partial charge on any atom is -0.343 e. The fourth-order valence-electron chi connectivity index (χ4n) is 1.68. The molecule has 0 unspecified atom stereocenters. The topological polar surface area (TPSA) is 70.6 Å². The second-order valence-electron chi connectivity index (χ2n) is 4.65. The molecule has 0 radical (unpaired) electrons. The van der Waals surface area contributed by atoms with Crippen molar-refractivity contribution in [2.45, 2.75) is 0 Å². The van der Waals surface area contributed by atoms with Crippen LogP contribution in [-0.2, 0) is 4.79 Å². The molecule has 0 aliphatic carbocycles. The predicted octanol–water partition coefficient (Wildman–Crippen LogP) is 3.53. The lowest BCUT2D eigenvalue weighted by Gasteiger charge is -2.04. The average Bonchev–Trinajstić information content (AvgIpc) is 2.55. The SMILES string of the molecule is O=C(CNC(=O)c1ccc(Cl)cc1)NN=Cc1ccc(Cl)cc1Cl. The van der Waals surface area contributed by atoms with Gasteiger partial charge in [0.2, 0.25) is 0 Å². The summed E-state index contributed by atoms with van der Waals surface area (Å²) in [7, 11) is 0. The molecular weight excluding hydrogens is 373 g/mol. The molecule has 2 amide bonds. The van der Waals surface area contributed by atoms with E-state index in [4.69, 9.17) is 34.8 Å². The Bertz CT molecular complexity index is 777. The number of nitrogens with one attached hydrogen (secondary N) is 2. The van der Waals surface area contributed by atoms with E-state index in [1.165, 1.54) is 6.21 Å². The number of benzene rings is 2. The first-order valence-corrected chi connectivity index (χ1v) is 7.90. The van der Waals surface area contributed by atoms with Gasteiger partial charge in [-0.2, -0.15) is 5.10 Å². The monoisotopic (exact) mass is 383 g/mol. The van der Waals surface area contributed by atoms with E-state index >= 15 is 0 Å². The van der Waals surface area contributed by atoms with E-state index < -0.39 is 5.91 Å². The second-order valence-corrected chi connectivity index (χ2v) is 5.93. The molecule has 8 heteroatoms. The highest BCUT2D eigenvalue weighted by molar-refractivity contribution is 6.36. The smallest absolute Gasteiger partial charge is 0.259 e. The van der Waals surface area contributed by atoms with Crippen molar-refractivity contribution in [2.75, 3.05) is 6.54 Å². The van der Waals surface area contributed by atoms with E-state index in [1.807, 2.05) is 0 Å². The Hall–Kier alpha value is -2.08. The van der Waals surface area contributed by atoms with E-state index in [0.29, 0.717) is 26.2 Å². The van der Waals surface area contributed by atoms with Gasteiger partial charge in [0.05, 0.1) is 17.8 Å². The molecule has 2 aromatic rings. The average molecular weight is 385 g/mol. The summed E-state index contributed by atoms with van der Waals surface area (Å²) in [5, 5.41) is 7.69. The van der Waals surface area contributed by atoms with Gasteiger partial charge in [0, 0.05) is 21.2 Å². The van der Waals surface area contributed by atoms with Gasteiger partial charge in [-0.15, -0.1) is 0 Å². The zero-order valence-corrected chi connectivity index (χ0v) is 14.5. The molecule has 0 aromatic heterocycles. The quantitative estimate of drug-likeness (QED) is 0.611. The van der Waals surface area contributed by atoms with Gasteiger partial charge in [0.1, 0.15) is 0 Å². The Morgan fingerprint density at radius 2 is 1.67 bits per heavy atom. The van der Waals surface area contributed by atoms with Gasteiger partial charge in [0.15, 0.2) is 0 Å². The predicted molar refractivity (Wildman–Crippen MR) is 96.0 cm³/mol. The van der Waals surface area contributed by atoms with Crippen molar-refractivity contribution in [3.8, 4) is 0 Å². The van der Waals surface area contributed by atoms with Crippen LogP contribution in [0.3, 0.4) is 0 Å². The van der Waals surface area contributed by atoms with E-state index in [1.54, 1.807) is 42.5 Å². The first kappa shape index (κ1) is 18.3. The maximum absolute atomic E-state index is 11.8. The maximum atomic E-state index is 11.8. The molecule has 2 rings (SSSR count). The summed E-state index contributed by atoms with van der Waals surface area (Å²) in [6.45, 7) is -0.215. The third kappa shape index (κ3) is 5.53. The van der Waals surface area contributed by atoms with Gasteiger partial charge in [-0.05, 0) is 36.4 Å². The van der Waals surface area contributed by atoms with Crippen LogP contribution in [0.5, 0.6) is 0 Å². The van der Waals surface area contributed by atoms with Crippen LogP contribution in [0.1, 0.15) is 15.9 Å². The van der Waals surface area contributed by atoms with Crippen molar-refractivity contribution in [3.05, 3.63) is 68.7 Å². The molecular formula is C16H12Cl3N3O2. The Morgan fingerprint density at radius 1 is 1.00 bits per heavy atom. The molecule has 0 aliphatic heterocycles. The zero-order valence-electron chi connectivity index (χ0n) is 12.2. The van der Waals surface area contributed by atoms with Crippen molar-refractivity contribution in [2.24, 2.45) is 5.10 Å². The van der Waals surface area contributed by atoms with E-state index in [0.717, 1.165) is 0 Å². The summed E-state index contributed by atoms with van der Waals surface area (Å²) in [5.74, 6) is -0.856. The van der Waals surface area contributed by atoms with Crippen molar-refractivity contribution in [1.29, 1.82) is 0 Å². The van der Waals surface area contributed by atoms with Gasteiger partial charge in [-0.1, -0.05) is 40.9 Å². The zero-order chi connectivity index (χ0) is 17.5. The lowest BCUT2D eigenvalue weighted by atomic mass is 10.2. The van der Waals surface area contributed by atoms with Gasteiger partial charge in [0.25, 0.3) is 11.8 Å². The van der Waals surface area contributed by atoms with Gasteiger partial charge >= 0.3 is 0 Å². The molecule has 5 nitrogen and oxygen atoms in total. The van der Waals surface area contributed by atoms with Crippen molar-refractivity contribution < 1.29 is 9.59 Å². The van der Waals surface area contributed by atoms with Crippen molar-refractivity contribution in [3.63, 3.8) is 0 Å². The van der Waals surface area contributed by atoms with Crippen molar-refractivity contribution >= 4 is 52.8 Å². The lowest BCUT2D eigenvalue weighted by Crippen LogP contribution is -2.34. The molecule has 124 valence electrons. The maximum Gasteiger partial charge on any atom is 0.259 e. The molecule has 2 N–H and O–H groups in total. The highest BCUT2D eigenvalue weighted by atomic mass is 35.5. The second kappa shape index (κ2) is 8.68. The van der Waals surface area contributed by atoms with Crippen LogP contribution in [0.25, 0.3) is 0 Å². The lowest BCUT2D eigenvalue weighted by molar-refractivity contribution is -0.120. The van der Waals surface area contributed by atoms with E-state index in [9.17, 15) is 9.59 Å². The van der Waals surface area contributed by atoms with Gasteiger partial charge in [-0.3, -0.25) is 9.59 Å². The number of hydrazone groups is 1. The molecule has 0 aliphatic rings. The molecule has 24 heavy (non-hydrogen) atoms. The van der Waals surface area contributed by atoms with Crippen LogP contribution in [0.15, 0.2) is 47.6 Å². The summed E-state index contributed by atoms with van der Waals surface area (Å²) >= 11 is 17.5. The van der Waals surface area contributed by atoms with Gasteiger partial charge < -0.3 is 5.32 Å². The number of hydrogen-bond acceptors (Lipinski definition) is 3. The molecule has 0 bridgehead atoms. The largest absolute Gasteiger partial charge is 0.343 e. The fraction of sp³-hybridized carbons (Fsp3) is 0.0625. The third-order valence-electron chi connectivity index (χ3n) is 2.87. The molecule has 2 aromatic carbocycles. The number of amides is 2.